The Balaban J connectivity index is 0.0000336. The molecule has 0 spiro atoms. The van der Waals surface area contributed by atoms with Gasteiger partial charge in [0.1, 0.15) is 13.2 Å². The van der Waals surface area contributed by atoms with Crippen LogP contribution in [0.1, 0.15) is 219 Å². The zero-order valence-corrected chi connectivity index (χ0v) is 40.4. The first-order valence-electron chi connectivity index (χ1n) is 23.4. The maximum Gasteiger partial charge on any atom is 0.407 e. The van der Waals surface area contributed by atoms with E-state index in [0.717, 1.165) is 64.2 Å². The molecule has 0 unspecified atom stereocenters. The topological polar surface area (TPSA) is 155 Å². The van der Waals surface area contributed by atoms with Crippen LogP contribution in [-0.4, -0.2) is 92.0 Å². The van der Waals surface area contributed by atoms with Gasteiger partial charge in [-0.3, -0.25) is 14.1 Å². The van der Waals surface area contributed by atoms with Crippen LogP contribution in [0.15, 0.2) is 24.3 Å². The van der Waals surface area contributed by atoms with Crippen LogP contribution in [0.25, 0.3) is 0 Å². The first-order chi connectivity index (χ1) is 28.1. The van der Waals surface area contributed by atoms with Gasteiger partial charge in [-0.05, 0) is 89.9 Å². The number of hydrogen-bond acceptors (Lipinski definition) is 9. The van der Waals surface area contributed by atoms with Crippen molar-refractivity contribution >= 4 is 58.0 Å². The van der Waals surface area contributed by atoms with Gasteiger partial charge in [-0.15, -0.1) is 0 Å². The Morgan fingerprint density at radius 2 is 0.932 bits per heavy atom. The summed E-state index contributed by atoms with van der Waals surface area (Å²) in [5.41, 5.74) is 0. The molecule has 0 aromatic rings. The molecular weight excluding hydrogens is 782 g/mol. The Hall–Kier alpha value is -1.44. The van der Waals surface area contributed by atoms with Crippen molar-refractivity contribution in [2.24, 2.45) is 0 Å². The van der Waals surface area contributed by atoms with E-state index in [1.165, 1.54) is 89.9 Å². The van der Waals surface area contributed by atoms with Crippen LogP contribution in [0.4, 0.5) is 4.79 Å². The molecule has 1 amide bonds. The number of amides is 1. The van der Waals surface area contributed by atoms with E-state index < -0.39 is 28.7 Å². The Kier molecular flexibility index (Phi) is 39.6. The van der Waals surface area contributed by atoms with Crippen LogP contribution in [0.3, 0.4) is 0 Å². The number of unbranched alkanes of at least 4 members (excludes halogenated alkanes) is 22. The summed E-state index contributed by atoms with van der Waals surface area (Å²) in [6.45, 7) is 4.03. The number of hydrogen-bond donors (Lipinski definition) is 2. The summed E-state index contributed by atoms with van der Waals surface area (Å²) in [5, 5.41) is 2.76. The second-order valence-electron chi connectivity index (χ2n) is 16.2. The van der Waals surface area contributed by atoms with Gasteiger partial charge in [-0.2, -0.15) is 8.42 Å². The van der Waals surface area contributed by atoms with Crippen molar-refractivity contribution in [1.82, 2.24) is 5.32 Å². The molecule has 0 aromatic carbocycles. The average Bonchev–Trinajstić information content (AvgIpc) is 3.19. The molecule has 13 heteroatoms. The average molecular weight is 865 g/mol. The maximum atomic E-state index is 12.8. The number of esters is 2. The van der Waals surface area contributed by atoms with Crippen molar-refractivity contribution in [3.05, 3.63) is 24.3 Å². The van der Waals surface area contributed by atoms with E-state index in [0.29, 0.717) is 38.5 Å². The molecule has 0 aromatic heterocycles. The normalized spacial score (nSPS) is 15.7. The number of ether oxygens (including phenoxy) is 3. The van der Waals surface area contributed by atoms with Crippen LogP contribution in [-0.2, 0) is 38.4 Å². The minimum absolute atomic E-state index is 0. The molecule has 11 nitrogen and oxygen atoms in total. The van der Waals surface area contributed by atoms with Gasteiger partial charge >= 0.3 is 28.4 Å². The molecule has 1 aliphatic carbocycles. The summed E-state index contributed by atoms with van der Waals surface area (Å²) in [6.07, 6.45) is 39.2. The molecule has 0 aliphatic heterocycles. The Morgan fingerprint density at radius 1 is 0.576 bits per heavy atom. The largest absolute Gasteiger partial charge is 0.462 e. The van der Waals surface area contributed by atoms with Gasteiger partial charge in [0.25, 0.3) is 0 Å². The quantitative estimate of drug-likeness (QED) is 0.0153. The van der Waals surface area contributed by atoms with Crippen molar-refractivity contribution < 1.29 is 45.7 Å². The number of nitrogens with one attached hydrogen (secondary N) is 1. The number of rotatable bonds is 38. The third-order valence-electron chi connectivity index (χ3n) is 10.7. The number of alkyl carbamates (subject to hydrolysis) is 1. The van der Waals surface area contributed by atoms with E-state index in [-0.39, 0.29) is 73.6 Å². The SMILES string of the molecule is CCCCCCCC/C=C\CCCCCCCC(=O)OCC(COC(=O)CCCCCCC/C=C\CCCCCCCC)OC(=O)NC1CCC(OS(=O)(=O)O)CC1.[Na]. The van der Waals surface area contributed by atoms with E-state index >= 15 is 0 Å². The second kappa shape index (κ2) is 40.6. The van der Waals surface area contributed by atoms with E-state index in [9.17, 15) is 22.8 Å². The molecule has 1 fully saturated rings. The molecule has 339 valence electrons. The molecule has 1 radical (unpaired) electrons. The maximum absolute atomic E-state index is 12.8. The molecular formula is C46H83NNaO10S. The van der Waals surface area contributed by atoms with Gasteiger partial charge in [0.05, 0.1) is 6.10 Å². The Labute approximate surface area is 382 Å². The third-order valence-corrected chi connectivity index (χ3v) is 11.2. The molecule has 0 bridgehead atoms. The van der Waals surface area contributed by atoms with Crippen LogP contribution in [0, 0.1) is 0 Å². The van der Waals surface area contributed by atoms with Gasteiger partial charge in [0.15, 0.2) is 6.10 Å². The molecule has 2 N–H and O–H groups in total. The fourth-order valence-corrected chi connectivity index (χ4v) is 7.68. The summed E-state index contributed by atoms with van der Waals surface area (Å²) in [7, 11) is -4.54. The zero-order valence-electron chi connectivity index (χ0n) is 37.6. The van der Waals surface area contributed by atoms with E-state index in [1.54, 1.807) is 0 Å². The summed E-state index contributed by atoms with van der Waals surface area (Å²) < 4.78 is 52.1. The van der Waals surface area contributed by atoms with Gasteiger partial charge in [0.2, 0.25) is 0 Å². The number of allylic oxidation sites excluding steroid dienone is 4. The van der Waals surface area contributed by atoms with Crippen molar-refractivity contribution in [3.8, 4) is 0 Å². The Morgan fingerprint density at radius 3 is 1.31 bits per heavy atom. The van der Waals surface area contributed by atoms with Crippen molar-refractivity contribution in [2.45, 2.75) is 238 Å². The van der Waals surface area contributed by atoms with Gasteiger partial charge < -0.3 is 19.5 Å². The molecule has 0 saturated heterocycles. The van der Waals surface area contributed by atoms with Crippen molar-refractivity contribution in [1.29, 1.82) is 0 Å². The van der Waals surface area contributed by atoms with E-state index in [4.69, 9.17) is 18.8 Å². The Bertz CT molecular complexity index is 1130. The summed E-state index contributed by atoms with van der Waals surface area (Å²) in [5.74, 6) is -0.771. The summed E-state index contributed by atoms with van der Waals surface area (Å²) >= 11 is 0. The first-order valence-corrected chi connectivity index (χ1v) is 24.7. The zero-order chi connectivity index (χ0) is 42.4. The van der Waals surface area contributed by atoms with Crippen LogP contribution in [0.5, 0.6) is 0 Å². The third kappa shape index (κ3) is 39.2. The van der Waals surface area contributed by atoms with Crippen LogP contribution in [0.2, 0.25) is 0 Å². The predicted molar refractivity (Wildman–Crippen MR) is 239 cm³/mol. The standard InChI is InChI=1S/C46H83NO10S.Na/c1-3-5-7-9-11-13-15-17-19-21-23-25-27-29-31-33-44(48)54-39-43(56-46(50)47-41-35-37-42(38-36-41)57-58(51,52)53)40-55-45(49)34-32-30-28-26-24-22-20-18-16-14-12-10-8-6-4-2;/h17-20,41-43H,3-16,21-40H2,1-2H3,(H,47,50)(H,51,52,53);/b19-17-,20-18-;. The minimum Gasteiger partial charge on any atom is -0.462 e. The molecule has 0 heterocycles. The monoisotopic (exact) mass is 865 g/mol. The van der Waals surface area contributed by atoms with Gasteiger partial charge in [0, 0.05) is 48.4 Å². The summed E-state index contributed by atoms with van der Waals surface area (Å²) in [4.78, 5) is 37.9. The molecule has 0 atom stereocenters. The van der Waals surface area contributed by atoms with Gasteiger partial charge in [-0.1, -0.05) is 141 Å². The number of carbonyl (C=O) groups is 3. The van der Waals surface area contributed by atoms with Crippen molar-refractivity contribution in [3.63, 3.8) is 0 Å². The van der Waals surface area contributed by atoms with E-state index in [1.807, 2.05) is 0 Å². The summed E-state index contributed by atoms with van der Waals surface area (Å²) in [6, 6.07) is -0.290. The first kappa shape index (κ1) is 57.6. The molecule has 1 saturated carbocycles. The molecule has 1 aliphatic rings. The van der Waals surface area contributed by atoms with E-state index in [2.05, 4.69) is 47.7 Å². The minimum atomic E-state index is -4.54. The van der Waals surface area contributed by atoms with Crippen LogP contribution >= 0.6 is 0 Å². The smallest absolute Gasteiger partial charge is 0.407 e. The second-order valence-corrected chi connectivity index (χ2v) is 17.3. The molecule has 59 heavy (non-hydrogen) atoms. The van der Waals surface area contributed by atoms with Crippen molar-refractivity contribution in [2.75, 3.05) is 13.2 Å². The molecule has 1 rings (SSSR count). The predicted octanol–water partition coefficient (Wildman–Crippen LogP) is 12.0. The van der Waals surface area contributed by atoms with Crippen LogP contribution < -0.4 is 5.32 Å². The fraction of sp³-hybridized carbons (Fsp3) is 0.848. The van der Waals surface area contributed by atoms with Gasteiger partial charge in [-0.25, -0.2) is 8.98 Å². The number of carbonyl (C=O) groups excluding carboxylic acids is 3. The fourth-order valence-electron chi connectivity index (χ4n) is 7.14.